The maximum atomic E-state index is 5.97. The first-order valence-corrected chi connectivity index (χ1v) is 6.31. The van der Waals surface area contributed by atoms with E-state index >= 15 is 0 Å². The molecule has 0 aliphatic heterocycles. The number of benzene rings is 1. The number of rotatable bonds is 4. The van der Waals surface area contributed by atoms with Crippen molar-refractivity contribution in [2.75, 3.05) is 0 Å². The van der Waals surface area contributed by atoms with Crippen LogP contribution >= 0.6 is 23.2 Å². The Hall–Kier alpha value is -0.990. The van der Waals surface area contributed by atoms with Gasteiger partial charge in [-0.25, -0.2) is 4.98 Å². The summed E-state index contributed by atoms with van der Waals surface area (Å²) in [6, 6.07) is 5.81. The SMILES string of the molecule is Cn1cncc1CCCc1ccc(Cl)c(Cl)c1. The van der Waals surface area contributed by atoms with Crippen molar-refractivity contribution in [1.82, 2.24) is 9.55 Å². The van der Waals surface area contributed by atoms with Crippen LogP contribution in [0.1, 0.15) is 17.7 Å². The first-order chi connectivity index (χ1) is 8.16. The van der Waals surface area contributed by atoms with Gasteiger partial charge in [-0.05, 0) is 37.0 Å². The van der Waals surface area contributed by atoms with Crippen LogP contribution in [0.3, 0.4) is 0 Å². The van der Waals surface area contributed by atoms with Gasteiger partial charge in [0.05, 0.1) is 16.4 Å². The van der Waals surface area contributed by atoms with E-state index in [4.69, 9.17) is 23.2 Å². The lowest BCUT2D eigenvalue weighted by atomic mass is 10.1. The van der Waals surface area contributed by atoms with Gasteiger partial charge in [-0.1, -0.05) is 29.3 Å². The molecule has 0 aliphatic carbocycles. The fourth-order valence-electron chi connectivity index (χ4n) is 1.79. The van der Waals surface area contributed by atoms with Crippen LogP contribution in [0.4, 0.5) is 0 Å². The lowest BCUT2D eigenvalue weighted by Crippen LogP contribution is -1.96. The minimum Gasteiger partial charge on any atom is -0.338 e. The summed E-state index contributed by atoms with van der Waals surface area (Å²) in [7, 11) is 2.02. The Morgan fingerprint density at radius 1 is 1.18 bits per heavy atom. The van der Waals surface area contributed by atoms with Gasteiger partial charge < -0.3 is 4.57 Å². The molecule has 2 rings (SSSR count). The minimum absolute atomic E-state index is 0.613. The minimum atomic E-state index is 0.613. The predicted molar refractivity (Wildman–Crippen MR) is 71.7 cm³/mol. The third-order valence-electron chi connectivity index (χ3n) is 2.80. The molecule has 0 aliphatic rings. The first kappa shape index (κ1) is 12.5. The van der Waals surface area contributed by atoms with E-state index in [0.717, 1.165) is 19.3 Å². The molecule has 4 heteroatoms. The first-order valence-electron chi connectivity index (χ1n) is 5.56. The highest BCUT2D eigenvalue weighted by Crippen LogP contribution is 2.23. The summed E-state index contributed by atoms with van der Waals surface area (Å²) in [4.78, 5) is 4.10. The van der Waals surface area contributed by atoms with Gasteiger partial charge in [0.25, 0.3) is 0 Å². The highest BCUT2D eigenvalue weighted by Gasteiger charge is 2.01. The topological polar surface area (TPSA) is 17.8 Å². The zero-order valence-corrected chi connectivity index (χ0v) is 11.2. The van der Waals surface area contributed by atoms with Gasteiger partial charge in [-0.3, -0.25) is 0 Å². The van der Waals surface area contributed by atoms with E-state index in [0.29, 0.717) is 10.0 Å². The van der Waals surface area contributed by atoms with Crippen LogP contribution in [0.25, 0.3) is 0 Å². The Kier molecular flexibility index (Phi) is 4.08. The normalized spacial score (nSPS) is 10.8. The van der Waals surface area contributed by atoms with Gasteiger partial charge in [0.15, 0.2) is 0 Å². The fourth-order valence-corrected chi connectivity index (χ4v) is 2.11. The molecule has 0 saturated carbocycles. The van der Waals surface area contributed by atoms with Crippen molar-refractivity contribution < 1.29 is 0 Å². The zero-order valence-electron chi connectivity index (χ0n) is 9.66. The second-order valence-electron chi connectivity index (χ2n) is 4.10. The van der Waals surface area contributed by atoms with Crippen molar-refractivity contribution in [3.8, 4) is 0 Å². The van der Waals surface area contributed by atoms with E-state index in [1.165, 1.54) is 11.3 Å². The summed E-state index contributed by atoms with van der Waals surface area (Å²) in [5.41, 5.74) is 2.48. The maximum absolute atomic E-state index is 5.97. The molecule has 0 radical (unpaired) electrons. The second kappa shape index (κ2) is 5.56. The van der Waals surface area contributed by atoms with Crippen LogP contribution in [0.5, 0.6) is 0 Å². The van der Waals surface area contributed by atoms with Crippen molar-refractivity contribution >= 4 is 23.2 Å². The Labute approximate surface area is 111 Å². The summed E-state index contributed by atoms with van der Waals surface area (Å²) >= 11 is 11.8. The molecule has 0 amide bonds. The van der Waals surface area contributed by atoms with E-state index in [2.05, 4.69) is 9.55 Å². The summed E-state index contributed by atoms with van der Waals surface area (Å²) < 4.78 is 2.05. The van der Waals surface area contributed by atoms with Crippen molar-refractivity contribution in [2.45, 2.75) is 19.3 Å². The third-order valence-corrected chi connectivity index (χ3v) is 3.54. The van der Waals surface area contributed by atoms with E-state index in [9.17, 15) is 0 Å². The van der Waals surface area contributed by atoms with Crippen LogP contribution in [-0.2, 0) is 19.9 Å². The highest BCUT2D eigenvalue weighted by molar-refractivity contribution is 6.42. The molecule has 1 aromatic carbocycles. The third kappa shape index (κ3) is 3.24. The lowest BCUT2D eigenvalue weighted by Gasteiger charge is -2.04. The Bertz CT molecular complexity index is 506. The van der Waals surface area contributed by atoms with Gasteiger partial charge in [0.1, 0.15) is 0 Å². The van der Waals surface area contributed by atoms with Crippen molar-refractivity contribution in [3.63, 3.8) is 0 Å². The number of aromatic nitrogens is 2. The highest BCUT2D eigenvalue weighted by atomic mass is 35.5. The molecular weight excluding hydrogens is 255 g/mol. The fraction of sp³-hybridized carbons (Fsp3) is 0.308. The van der Waals surface area contributed by atoms with Gasteiger partial charge in [-0.2, -0.15) is 0 Å². The Balaban J connectivity index is 1.90. The van der Waals surface area contributed by atoms with Crippen LogP contribution in [0.2, 0.25) is 10.0 Å². The van der Waals surface area contributed by atoms with Crippen molar-refractivity contribution in [1.29, 1.82) is 0 Å². The number of halogens is 2. The Morgan fingerprint density at radius 2 is 2.00 bits per heavy atom. The number of aryl methyl sites for hydroxylation is 3. The van der Waals surface area contributed by atoms with Crippen molar-refractivity contribution in [3.05, 3.63) is 52.0 Å². The van der Waals surface area contributed by atoms with Crippen LogP contribution in [-0.4, -0.2) is 9.55 Å². The molecule has 0 N–H and O–H groups in total. The standard InChI is InChI=1S/C13H14Cl2N2/c1-17-9-16-8-11(17)4-2-3-10-5-6-12(14)13(15)7-10/h5-9H,2-4H2,1H3. The molecule has 0 atom stereocenters. The number of nitrogens with zero attached hydrogens (tertiary/aromatic N) is 2. The summed E-state index contributed by atoms with van der Waals surface area (Å²) in [6.45, 7) is 0. The van der Waals surface area contributed by atoms with Gasteiger partial charge in [0, 0.05) is 18.9 Å². The van der Waals surface area contributed by atoms with Gasteiger partial charge >= 0.3 is 0 Å². The molecule has 1 aromatic heterocycles. The summed E-state index contributed by atoms with van der Waals surface area (Å²) in [5, 5.41) is 1.24. The lowest BCUT2D eigenvalue weighted by molar-refractivity contribution is 0.746. The quantitative estimate of drug-likeness (QED) is 0.823. The van der Waals surface area contributed by atoms with E-state index in [-0.39, 0.29) is 0 Å². The molecule has 0 bridgehead atoms. The molecule has 0 spiro atoms. The number of hydrogen-bond donors (Lipinski definition) is 0. The molecule has 0 unspecified atom stereocenters. The molecule has 0 saturated heterocycles. The van der Waals surface area contributed by atoms with Gasteiger partial charge in [0.2, 0.25) is 0 Å². The molecule has 1 heterocycles. The maximum Gasteiger partial charge on any atom is 0.0945 e. The predicted octanol–water partition coefficient (Wildman–Crippen LogP) is 3.90. The van der Waals surface area contributed by atoms with Crippen molar-refractivity contribution in [2.24, 2.45) is 7.05 Å². The molecule has 2 aromatic rings. The van der Waals surface area contributed by atoms with E-state index in [1.54, 1.807) is 0 Å². The smallest absolute Gasteiger partial charge is 0.0945 e. The summed E-state index contributed by atoms with van der Waals surface area (Å²) in [5.74, 6) is 0. The molecule has 2 nitrogen and oxygen atoms in total. The molecule has 90 valence electrons. The second-order valence-corrected chi connectivity index (χ2v) is 4.91. The van der Waals surface area contributed by atoms with Crippen LogP contribution in [0, 0.1) is 0 Å². The zero-order chi connectivity index (χ0) is 12.3. The van der Waals surface area contributed by atoms with E-state index < -0.39 is 0 Å². The number of imidazole rings is 1. The van der Waals surface area contributed by atoms with Crippen LogP contribution < -0.4 is 0 Å². The van der Waals surface area contributed by atoms with Gasteiger partial charge in [-0.15, -0.1) is 0 Å². The molecule has 17 heavy (non-hydrogen) atoms. The van der Waals surface area contributed by atoms with Crippen LogP contribution in [0.15, 0.2) is 30.7 Å². The summed E-state index contributed by atoms with van der Waals surface area (Å²) in [6.07, 6.45) is 6.85. The molecular formula is C13H14Cl2N2. The van der Waals surface area contributed by atoms with E-state index in [1.807, 2.05) is 37.8 Å². The number of hydrogen-bond acceptors (Lipinski definition) is 1. The Morgan fingerprint density at radius 3 is 2.65 bits per heavy atom. The largest absolute Gasteiger partial charge is 0.338 e. The molecule has 0 fully saturated rings. The average Bonchev–Trinajstić information content (AvgIpc) is 2.70. The monoisotopic (exact) mass is 268 g/mol. The average molecular weight is 269 g/mol.